The Balaban J connectivity index is 1.81. The Kier molecular flexibility index (Phi) is 10.8. The maximum Gasteiger partial charge on any atom is 0.242 e. The number of hydrogen-bond acceptors (Lipinski definition) is 4. The van der Waals surface area contributed by atoms with Crippen molar-refractivity contribution in [1.29, 1.82) is 0 Å². The summed E-state index contributed by atoms with van der Waals surface area (Å²) < 4.78 is 12.7. The highest BCUT2D eigenvalue weighted by Crippen LogP contribution is 2.17. The van der Waals surface area contributed by atoms with Crippen molar-refractivity contribution in [2.75, 3.05) is 33.9 Å². The third-order valence-electron chi connectivity index (χ3n) is 6.24. The molecule has 0 saturated carbocycles. The van der Waals surface area contributed by atoms with E-state index in [1.807, 2.05) is 85.6 Å². The molecule has 0 unspecified atom stereocenters. The molecule has 0 radical (unpaired) electrons. The van der Waals surface area contributed by atoms with E-state index in [1.165, 1.54) is 0 Å². The molecule has 0 bridgehead atoms. The first-order chi connectivity index (χ1) is 17.9. The van der Waals surface area contributed by atoms with Gasteiger partial charge in [0.15, 0.2) is 0 Å². The minimum atomic E-state index is -0.182. The predicted molar refractivity (Wildman–Crippen MR) is 145 cm³/mol. The maximum absolute atomic E-state index is 13.7. The van der Waals surface area contributed by atoms with Crippen LogP contribution >= 0.6 is 0 Å². The summed E-state index contributed by atoms with van der Waals surface area (Å²) in [6.45, 7) is 6.38. The minimum Gasteiger partial charge on any atom is -0.497 e. The molecule has 0 aliphatic rings. The van der Waals surface area contributed by atoms with Gasteiger partial charge in [0.25, 0.3) is 0 Å². The van der Waals surface area contributed by atoms with Crippen LogP contribution in [0.5, 0.6) is 5.75 Å². The van der Waals surface area contributed by atoms with E-state index in [2.05, 4.69) is 10.6 Å². The van der Waals surface area contributed by atoms with Crippen molar-refractivity contribution in [3.05, 3.63) is 89.7 Å². The summed E-state index contributed by atoms with van der Waals surface area (Å²) in [6, 6.07) is 22.0. The summed E-state index contributed by atoms with van der Waals surface area (Å²) in [5.41, 5.74) is 3.18. The molecular weight excluding hydrogens is 466 g/mol. The SMILES string of the molecule is COCCCN(CC(=O)N(Cc1ccccc1)Cc1cccn1Cc1cccc(OC)c1)C(=O)C(C)C. The topological polar surface area (TPSA) is 64.0 Å². The Morgan fingerprint density at radius 2 is 1.65 bits per heavy atom. The minimum absolute atomic E-state index is 0.0227. The number of hydrogen-bond donors (Lipinski definition) is 0. The highest BCUT2D eigenvalue weighted by Gasteiger charge is 2.24. The molecule has 0 aliphatic heterocycles. The lowest BCUT2D eigenvalue weighted by Gasteiger charge is -2.29. The summed E-state index contributed by atoms with van der Waals surface area (Å²) in [7, 11) is 3.30. The van der Waals surface area contributed by atoms with E-state index in [4.69, 9.17) is 9.47 Å². The van der Waals surface area contributed by atoms with Crippen LogP contribution in [-0.4, -0.2) is 60.1 Å². The summed E-state index contributed by atoms with van der Waals surface area (Å²) in [4.78, 5) is 30.1. The van der Waals surface area contributed by atoms with Gasteiger partial charge in [-0.1, -0.05) is 56.3 Å². The first kappa shape index (κ1) is 28.0. The molecule has 1 heterocycles. The lowest BCUT2D eigenvalue weighted by molar-refractivity contribution is -0.143. The molecule has 0 aliphatic carbocycles. The van der Waals surface area contributed by atoms with Gasteiger partial charge in [0, 0.05) is 51.2 Å². The van der Waals surface area contributed by atoms with E-state index in [0.717, 1.165) is 22.6 Å². The normalized spacial score (nSPS) is 10.9. The van der Waals surface area contributed by atoms with E-state index in [-0.39, 0.29) is 24.3 Å². The summed E-state index contributed by atoms with van der Waals surface area (Å²) >= 11 is 0. The number of ether oxygens (including phenoxy) is 2. The second-order valence-corrected chi connectivity index (χ2v) is 9.48. The zero-order chi connectivity index (χ0) is 26.6. The van der Waals surface area contributed by atoms with Gasteiger partial charge in [-0.15, -0.1) is 0 Å². The Hall–Kier alpha value is -3.58. The van der Waals surface area contributed by atoms with Crippen molar-refractivity contribution < 1.29 is 19.1 Å². The second kappa shape index (κ2) is 14.2. The number of rotatable bonds is 14. The van der Waals surface area contributed by atoms with Crippen molar-refractivity contribution in [3.8, 4) is 5.75 Å². The molecule has 3 aromatic rings. The van der Waals surface area contributed by atoms with Crippen LogP contribution in [-0.2, 0) is 34.0 Å². The van der Waals surface area contributed by atoms with Gasteiger partial charge in [-0.2, -0.15) is 0 Å². The molecule has 7 nitrogen and oxygen atoms in total. The number of carbonyl (C=O) groups is 2. The highest BCUT2D eigenvalue weighted by molar-refractivity contribution is 5.85. The zero-order valence-electron chi connectivity index (χ0n) is 22.4. The van der Waals surface area contributed by atoms with Gasteiger partial charge in [-0.3, -0.25) is 9.59 Å². The third kappa shape index (κ3) is 8.50. The zero-order valence-corrected chi connectivity index (χ0v) is 22.4. The Bertz CT molecular complexity index is 1130. The van der Waals surface area contributed by atoms with Crippen LogP contribution < -0.4 is 4.74 Å². The molecule has 0 fully saturated rings. The van der Waals surface area contributed by atoms with Crippen LogP contribution in [0.25, 0.3) is 0 Å². The van der Waals surface area contributed by atoms with Gasteiger partial charge in [0.1, 0.15) is 5.75 Å². The molecule has 37 heavy (non-hydrogen) atoms. The van der Waals surface area contributed by atoms with Crippen LogP contribution in [0, 0.1) is 5.92 Å². The standard InChI is InChI=1S/C30H39N3O4/c1-24(2)30(35)32(17-10-18-36-3)23-29(34)33(20-25-11-6-5-7-12-25)22-27-14-9-16-31(27)21-26-13-8-15-28(19-26)37-4/h5-9,11-16,19,24H,10,17-18,20-23H2,1-4H3. The van der Waals surface area contributed by atoms with Gasteiger partial charge >= 0.3 is 0 Å². The number of methoxy groups -OCH3 is 2. The van der Waals surface area contributed by atoms with Gasteiger partial charge in [0.2, 0.25) is 11.8 Å². The molecule has 198 valence electrons. The van der Waals surface area contributed by atoms with E-state index in [0.29, 0.717) is 39.2 Å². The maximum atomic E-state index is 13.7. The van der Waals surface area contributed by atoms with Gasteiger partial charge < -0.3 is 23.8 Å². The fraction of sp³-hybridized carbons (Fsp3) is 0.400. The molecule has 0 atom stereocenters. The van der Waals surface area contributed by atoms with Crippen LogP contribution in [0.3, 0.4) is 0 Å². The number of benzene rings is 2. The molecule has 7 heteroatoms. The smallest absolute Gasteiger partial charge is 0.242 e. The van der Waals surface area contributed by atoms with Gasteiger partial charge in [0.05, 0.1) is 20.2 Å². The van der Waals surface area contributed by atoms with Crippen molar-refractivity contribution in [1.82, 2.24) is 14.4 Å². The number of carbonyl (C=O) groups excluding carboxylic acids is 2. The first-order valence-corrected chi connectivity index (χ1v) is 12.8. The third-order valence-corrected chi connectivity index (χ3v) is 6.24. The van der Waals surface area contributed by atoms with E-state index in [9.17, 15) is 9.59 Å². The van der Waals surface area contributed by atoms with E-state index in [1.54, 1.807) is 19.1 Å². The molecule has 0 N–H and O–H groups in total. The summed E-state index contributed by atoms with van der Waals surface area (Å²) in [5, 5.41) is 0. The molecule has 2 amide bonds. The van der Waals surface area contributed by atoms with Crippen molar-refractivity contribution in [3.63, 3.8) is 0 Å². The average Bonchev–Trinajstić information content (AvgIpc) is 3.34. The molecule has 2 aromatic carbocycles. The lowest BCUT2D eigenvalue weighted by Crippen LogP contribution is -2.44. The quantitative estimate of drug-likeness (QED) is 0.301. The van der Waals surface area contributed by atoms with Crippen molar-refractivity contribution >= 4 is 11.8 Å². The van der Waals surface area contributed by atoms with Gasteiger partial charge in [-0.05, 0) is 41.8 Å². The number of nitrogens with zero attached hydrogens (tertiary/aromatic N) is 3. The van der Waals surface area contributed by atoms with Crippen LogP contribution in [0.1, 0.15) is 37.1 Å². The number of aromatic nitrogens is 1. The fourth-order valence-electron chi connectivity index (χ4n) is 4.24. The largest absolute Gasteiger partial charge is 0.497 e. The van der Waals surface area contributed by atoms with Gasteiger partial charge in [-0.25, -0.2) is 0 Å². The Morgan fingerprint density at radius 3 is 2.35 bits per heavy atom. The predicted octanol–water partition coefficient (Wildman–Crippen LogP) is 4.59. The molecule has 1 aromatic heterocycles. The van der Waals surface area contributed by atoms with Crippen LogP contribution in [0.2, 0.25) is 0 Å². The second-order valence-electron chi connectivity index (χ2n) is 9.48. The highest BCUT2D eigenvalue weighted by atomic mass is 16.5. The van der Waals surface area contributed by atoms with Crippen molar-refractivity contribution in [2.24, 2.45) is 5.92 Å². The fourth-order valence-corrected chi connectivity index (χ4v) is 4.24. The van der Waals surface area contributed by atoms with Crippen LogP contribution in [0.15, 0.2) is 72.9 Å². The molecule has 0 spiro atoms. The first-order valence-electron chi connectivity index (χ1n) is 12.8. The molecule has 3 rings (SSSR count). The van der Waals surface area contributed by atoms with E-state index < -0.39 is 0 Å². The summed E-state index contributed by atoms with van der Waals surface area (Å²) in [5.74, 6) is 0.531. The number of amides is 2. The van der Waals surface area contributed by atoms with Crippen LogP contribution in [0.4, 0.5) is 0 Å². The molecular formula is C30H39N3O4. The monoisotopic (exact) mass is 505 g/mol. The average molecular weight is 506 g/mol. The Labute approximate surface area is 220 Å². The van der Waals surface area contributed by atoms with E-state index >= 15 is 0 Å². The Morgan fingerprint density at radius 1 is 0.892 bits per heavy atom. The van der Waals surface area contributed by atoms with Crippen molar-refractivity contribution in [2.45, 2.75) is 39.9 Å². The lowest BCUT2D eigenvalue weighted by atomic mass is 10.1. The summed E-state index contributed by atoms with van der Waals surface area (Å²) in [6.07, 6.45) is 2.71. The molecule has 0 saturated heterocycles.